The Labute approximate surface area is 323 Å². The molecule has 0 bridgehead atoms. The average molecular weight is 716 g/mol. The van der Waals surface area contributed by atoms with E-state index < -0.39 is 0 Å². The summed E-state index contributed by atoms with van der Waals surface area (Å²) in [5.41, 5.74) is 12.0. The first-order valence-electron chi connectivity index (χ1n) is 18.9. The van der Waals surface area contributed by atoms with Gasteiger partial charge in [0.25, 0.3) is 0 Å². The summed E-state index contributed by atoms with van der Waals surface area (Å²) < 4.78 is 4.67. The van der Waals surface area contributed by atoms with Crippen molar-refractivity contribution in [1.82, 2.24) is 24.1 Å². The van der Waals surface area contributed by atoms with Gasteiger partial charge in [0.1, 0.15) is 0 Å². The van der Waals surface area contributed by atoms with Crippen LogP contribution in [0.1, 0.15) is 0 Å². The van der Waals surface area contributed by atoms with Gasteiger partial charge in [-0.3, -0.25) is 0 Å². The fourth-order valence-corrected chi connectivity index (χ4v) is 8.22. The largest absolute Gasteiger partial charge is 0.309 e. The summed E-state index contributed by atoms with van der Waals surface area (Å²) in [5.74, 6) is 1.91. The number of nitrogens with zero attached hydrogens (tertiary/aromatic N) is 5. The molecule has 0 unspecified atom stereocenters. The molecule has 56 heavy (non-hydrogen) atoms. The van der Waals surface area contributed by atoms with Crippen molar-refractivity contribution in [3.8, 4) is 56.7 Å². The zero-order chi connectivity index (χ0) is 37.0. The van der Waals surface area contributed by atoms with Crippen LogP contribution >= 0.6 is 0 Å². The molecule has 0 aliphatic heterocycles. The highest BCUT2D eigenvalue weighted by Crippen LogP contribution is 2.39. The predicted octanol–water partition coefficient (Wildman–Crippen LogP) is 12.7. The number of aromatic nitrogens is 5. The quantitative estimate of drug-likeness (QED) is 0.172. The van der Waals surface area contributed by atoms with Crippen LogP contribution in [0.2, 0.25) is 0 Å². The molecule has 11 rings (SSSR count). The Morgan fingerprint density at radius 3 is 1.30 bits per heavy atom. The molecule has 0 spiro atoms. The normalized spacial score (nSPS) is 11.6. The van der Waals surface area contributed by atoms with E-state index in [0.717, 1.165) is 61.0 Å². The lowest BCUT2D eigenvalue weighted by atomic mass is 10.0. The Kier molecular flexibility index (Phi) is 7.42. The average Bonchev–Trinajstić information content (AvgIpc) is 3.80. The minimum absolute atomic E-state index is 0.630. The molecule has 0 atom stereocenters. The minimum Gasteiger partial charge on any atom is -0.309 e. The van der Waals surface area contributed by atoms with Gasteiger partial charge in [-0.05, 0) is 59.7 Å². The zero-order valence-corrected chi connectivity index (χ0v) is 30.3. The van der Waals surface area contributed by atoms with Gasteiger partial charge in [-0.1, -0.05) is 152 Å². The number of rotatable bonds is 6. The number of hydrogen-bond donors (Lipinski definition) is 0. The Morgan fingerprint density at radius 1 is 0.268 bits per heavy atom. The third-order valence-corrected chi connectivity index (χ3v) is 10.8. The SMILES string of the molecule is c1ccc(-c2nc(-c3ccc(-c4ccc(-n5c6ccccc6c6ccccc65)cc4)cc3)nc(-c3cccc4c3c3ccccc3n4-c3ccccc3)n2)cc1. The Hall–Kier alpha value is -7.63. The van der Waals surface area contributed by atoms with Crippen molar-refractivity contribution in [2.24, 2.45) is 0 Å². The summed E-state index contributed by atoms with van der Waals surface area (Å²) in [6.07, 6.45) is 0. The molecule has 0 saturated heterocycles. The fraction of sp³-hybridized carbons (Fsp3) is 0. The molecule has 0 amide bonds. The molecular weight excluding hydrogens is 683 g/mol. The highest BCUT2D eigenvalue weighted by Gasteiger charge is 2.20. The van der Waals surface area contributed by atoms with E-state index in [1.807, 2.05) is 18.2 Å². The highest BCUT2D eigenvalue weighted by atomic mass is 15.0. The lowest BCUT2D eigenvalue weighted by molar-refractivity contribution is 1.08. The van der Waals surface area contributed by atoms with E-state index in [4.69, 9.17) is 15.0 Å². The van der Waals surface area contributed by atoms with Crippen molar-refractivity contribution >= 4 is 43.6 Å². The zero-order valence-electron chi connectivity index (χ0n) is 30.3. The Morgan fingerprint density at radius 2 is 0.679 bits per heavy atom. The second-order valence-electron chi connectivity index (χ2n) is 14.1. The third kappa shape index (κ3) is 5.21. The van der Waals surface area contributed by atoms with Crippen molar-refractivity contribution in [1.29, 1.82) is 0 Å². The van der Waals surface area contributed by atoms with Gasteiger partial charge in [-0.2, -0.15) is 0 Å². The summed E-state index contributed by atoms with van der Waals surface area (Å²) in [6.45, 7) is 0. The number of fused-ring (bicyclic) bond motifs is 6. The van der Waals surface area contributed by atoms with Crippen LogP contribution in [-0.4, -0.2) is 24.1 Å². The van der Waals surface area contributed by atoms with Crippen molar-refractivity contribution in [3.63, 3.8) is 0 Å². The molecule has 262 valence electrons. The van der Waals surface area contributed by atoms with Gasteiger partial charge in [0.15, 0.2) is 17.5 Å². The predicted molar refractivity (Wildman–Crippen MR) is 230 cm³/mol. The molecule has 5 heteroatoms. The summed E-state index contributed by atoms with van der Waals surface area (Å²) in [4.78, 5) is 15.4. The molecule has 0 aliphatic rings. The highest BCUT2D eigenvalue weighted by molar-refractivity contribution is 6.15. The summed E-state index contributed by atoms with van der Waals surface area (Å²) in [7, 11) is 0. The summed E-state index contributed by atoms with van der Waals surface area (Å²) >= 11 is 0. The molecule has 3 aromatic heterocycles. The topological polar surface area (TPSA) is 48.5 Å². The first kappa shape index (κ1) is 31.9. The van der Waals surface area contributed by atoms with E-state index in [1.54, 1.807) is 0 Å². The molecule has 3 heterocycles. The molecule has 5 nitrogen and oxygen atoms in total. The van der Waals surface area contributed by atoms with E-state index in [2.05, 4.69) is 191 Å². The number of benzene rings is 8. The fourth-order valence-electron chi connectivity index (χ4n) is 8.22. The van der Waals surface area contributed by atoms with Crippen LogP contribution in [0.4, 0.5) is 0 Å². The number of para-hydroxylation sites is 4. The molecule has 0 radical (unpaired) electrons. The number of hydrogen-bond acceptors (Lipinski definition) is 3. The maximum absolute atomic E-state index is 5.20. The first-order valence-corrected chi connectivity index (χ1v) is 18.9. The molecule has 0 fully saturated rings. The van der Waals surface area contributed by atoms with Crippen LogP contribution in [-0.2, 0) is 0 Å². The van der Waals surface area contributed by atoms with Crippen LogP contribution in [0.25, 0.3) is 100 Å². The lowest BCUT2D eigenvalue weighted by Gasteiger charge is -2.11. The van der Waals surface area contributed by atoms with Crippen molar-refractivity contribution in [2.75, 3.05) is 0 Å². The van der Waals surface area contributed by atoms with E-state index in [0.29, 0.717) is 17.5 Å². The maximum Gasteiger partial charge on any atom is 0.164 e. The minimum atomic E-state index is 0.630. The van der Waals surface area contributed by atoms with E-state index in [-0.39, 0.29) is 0 Å². The molecular formula is C51H33N5. The summed E-state index contributed by atoms with van der Waals surface area (Å²) in [6, 6.07) is 70.3. The molecule has 0 N–H and O–H groups in total. The Balaban J connectivity index is 1.01. The van der Waals surface area contributed by atoms with Crippen molar-refractivity contribution in [2.45, 2.75) is 0 Å². The second kappa shape index (κ2) is 13.0. The van der Waals surface area contributed by atoms with Crippen LogP contribution in [0, 0.1) is 0 Å². The van der Waals surface area contributed by atoms with E-state index in [1.165, 1.54) is 21.8 Å². The van der Waals surface area contributed by atoms with Gasteiger partial charge in [-0.15, -0.1) is 0 Å². The molecule has 11 aromatic rings. The van der Waals surface area contributed by atoms with Gasteiger partial charge < -0.3 is 9.13 Å². The summed E-state index contributed by atoms with van der Waals surface area (Å²) in [5, 5.41) is 4.78. The van der Waals surface area contributed by atoms with Gasteiger partial charge in [0.05, 0.1) is 22.1 Å². The van der Waals surface area contributed by atoms with Crippen molar-refractivity contribution < 1.29 is 0 Å². The van der Waals surface area contributed by atoms with Crippen molar-refractivity contribution in [3.05, 3.63) is 200 Å². The molecule has 0 aliphatic carbocycles. The smallest absolute Gasteiger partial charge is 0.164 e. The molecule has 8 aromatic carbocycles. The first-order chi connectivity index (χ1) is 27.8. The Bertz CT molecular complexity index is 3160. The van der Waals surface area contributed by atoms with E-state index in [9.17, 15) is 0 Å². The standard InChI is InChI=1S/C51H33N5/c1-3-14-36(15-4-1)49-52-50(54-51(53-49)43-21-13-25-47-48(43)42-20-9-12-24-46(42)56(47)38-16-5-2-6-17-38)37-28-26-34(27-29-37)35-30-32-39(33-31-35)55-44-22-10-7-18-40(44)41-19-8-11-23-45(41)55/h1-33H. The lowest BCUT2D eigenvalue weighted by Crippen LogP contribution is -2.00. The van der Waals surface area contributed by atoms with Gasteiger partial charge in [0, 0.05) is 49.6 Å². The molecule has 0 saturated carbocycles. The maximum atomic E-state index is 5.20. The van der Waals surface area contributed by atoms with Crippen LogP contribution in [0.15, 0.2) is 200 Å². The second-order valence-corrected chi connectivity index (χ2v) is 14.1. The van der Waals surface area contributed by atoms with Crippen LogP contribution in [0.3, 0.4) is 0 Å². The van der Waals surface area contributed by atoms with Gasteiger partial charge >= 0.3 is 0 Å². The van der Waals surface area contributed by atoms with E-state index >= 15 is 0 Å². The third-order valence-electron chi connectivity index (χ3n) is 10.8. The van der Waals surface area contributed by atoms with Gasteiger partial charge in [-0.25, -0.2) is 15.0 Å². The van der Waals surface area contributed by atoms with Crippen LogP contribution < -0.4 is 0 Å². The van der Waals surface area contributed by atoms with Gasteiger partial charge in [0.2, 0.25) is 0 Å². The monoisotopic (exact) mass is 715 g/mol. The van der Waals surface area contributed by atoms with Crippen LogP contribution in [0.5, 0.6) is 0 Å².